The number of amides is 1. The van der Waals surface area contributed by atoms with Gasteiger partial charge in [0.05, 0.1) is 3.79 Å². The Morgan fingerprint density at radius 1 is 1.75 bits per heavy atom. The van der Waals surface area contributed by atoms with Gasteiger partial charge in [0.1, 0.15) is 6.04 Å². The van der Waals surface area contributed by atoms with E-state index in [1.807, 2.05) is 12.1 Å². The molecule has 1 atom stereocenters. The summed E-state index contributed by atoms with van der Waals surface area (Å²) in [4.78, 5) is 11.8. The van der Waals surface area contributed by atoms with Gasteiger partial charge < -0.3 is 11.1 Å². The highest BCUT2D eigenvalue weighted by atomic mass is 79.9. The van der Waals surface area contributed by atoms with E-state index < -0.39 is 0 Å². The van der Waals surface area contributed by atoms with Crippen LogP contribution >= 0.6 is 27.3 Å². The van der Waals surface area contributed by atoms with Crippen LogP contribution in [-0.4, -0.2) is 13.0 Å². The first-order valence-corrected chi connectivity index (χ1v) is 4.98. The van der Waals surface area contributed by atoms with E-state index >= 15 is 0 Å². The van der Waals surface area contributed by atoms with Crippen molar-refractivity contribution in [1.29, 1.82) is 0 Å². The summed E-state index contributed by atoms with van der Waals surface area (Å²) in [5.41, 5.74) is 5.18. The maximum Gasteiger partial charge on any atom is 0.239 e. The van der Waals surface area contributed by atoms with Crippen LogP contribution in [0.4, 0.5) is 0 Å². The summed E-state index contributed by atoms with van der Waals surface area (Å²) in [7, 11) is 1.71. The van der Waals surface area contributed by atoms with E-state index in [1.54, 1.807) is 7.05 Å². The molecule has 1 aromatic rings. The summed E-state index contributed by atoms with van der Waals surface area (Å²) < 4.78 is 0.999. The largest absolute Gasteiger partial charge is 0.368 e. The molecule has 1 heterocycles. The zero-order valence-corrected chi connectivity index (χ0v) is 8.91. The first-order chi connectivity index (χ1) is 5.65. The second-order valence-electron chi connectivity index (χ2n) is 2.27. The van der Waals surface area contributed by atoms with Crippen LogP contribution in [0, 0.1) is 0 Å². The number of rotatable bonds is 3. The lowest BCUT2D eigenvalue weighted by Gasteiger charge is -2.08. The van der Waals surface area contributed by atoms with Gasteiger partial charge in [-0.2, -0.15) is 0 Å². The van der Waals surface area contributed by atoms with Crippen LogP contribution in [-0.2, 0) is 4.79 Å². The van der Waals surface area contributed by atoms with Crippen LogP contribution in [0.25, 0.3) is 0 Å². The summed E-state index contributed by atoms with van der Waals surface area (Å²) >= 11 is 4.82. The van der Waals surface area contributed by atoms with E-state index in [0.29, 0.717) is 0 Å². The highest BCUT2D eigenvalue weighted by Gasteiger charge is 2.16. The molecular weight excluding hydrogens is 240 g/mol. The van der Waals surface area contributed by atoms with Crippen LogP contribution in [0.1, 0.15) is 10.9 Å². The molecule has 66 valence electrons. The average Bonchev–Trinajstić information content (AvgIpc) is 2.37. The lowest BCUT2D eigenvalue weighted by atomic mass is 10.2. The van der Waals surface area contributed by atoms with Gasteiger partial charge in [-0.25, -0.2) is 0 Å². The van der Waals surface area contributed by atoms with E-state index in [1.165, 1.54) is 11.3 Å². The first kappa shape index (κ1) is 9.70. The number of thiophene rings is 1. The number of hydrogen-bond donors (Lipinski definition) is 2. The van der Waals surface area contributed by atoms with E-state index in [0.717, 1.165) is 8.66 Å². The first-order valence-electron chi connectivity index (χ1n) is 3.37. The van der Waals surface area contributed by atoms with Crippen LogP contribution < -0.4 is 11.1 Å². The van der Waals surface area contributed by atoms with Crippen molar-refractivity contribution in [3.63, 3.8) is 0 Å². The predicted molar refractivity (Wildman–Crippen MR) is 53.0 cm³/mol. The maximum absolute atomic E-state index is 10.9. The molecule has 12 heavy (non-hydrogen) atoms. The third kappa shape index (κ3) is 2.06. The molecule has 0 radical (unpaired) electrons. The van der Waals surface area contributed by atoms with Crippen LogP contribution in [0.2, 0.25) is 0 Å². The van der Waals surface area contributed by atoms with Crippen LogP contribution in [0.3, 0.4) is 0 Å². The Hall–Kier alpha value is -0.390. The number of nitrogens with one attached hydrogen (secondary N) is 1. The number of nitrogens with two attached hydrogens (primary N) is 1. The van der Waals surface area contributed by atoms with Crippen LogP contribution in [0.15, 0.2) is 15.9 Å². The fraction of sp³-hybridized carbons (Fsp3) is 0.286. The van der Waals surface area contributed by atoms with Gasteiger partial charge >= 0.3 is 0 Å². The minimum atomic E-state index is -0.374. The standard InChI is InChI=1S/C7H9BrN2OS/c1-10-6(7(9)11)4-2-3-5(8)12-4/h2-3,6,10H,1H3,(H2,9,11). The maximum atomic E-state index is 10.9. The molecule has 0 aliphatic carbocycles. The molecule has 0 fully saturated rings. The molecule has 0 aliphatic heterocycles. The Labute approximate surface area is 83.1 Å². The Bertz CT molecular complexity index is 287. The Balaban J connectivity index is 2.87. The summed E-state index contributed by atoms with van der Waals surface area (Å²) in [6.45, 7) is 0. The molecule has 0 bridgehead atoms. The van der Waals surface area contributed by atoms with Crippen molar-refractivity contribution >= 4 is 33.2 Å². The van der Waals surface area contributed by atoms with Crippen molar-refractivity contribution < 1.29 is 4.79 Å². The van der Waals surface area contributed by atoms with Crippen molar-refractivity contribution in [1.82, 2.24) is 5.32 Å². The molecule has 0 spiro atoms. The SMILES string of the molecule is CNC(C(N)=O)c1ccc(Br)s1. The normalized spacial score (nSPS) is 12.8. The van der Waals surface area contributed by atoms with Gasteiger partial charge in [-0.1, -0.05) is 0 Å². The van der Waals surface area contributed by atoms with E-state index in [4.69, 9.17) is 5.73 Å². The lowest BCUT2D eigenvalue weighted by molar-refractivity contribution is -0.119. The van der Waals surface area contributed by atoms with Crippen molar-refractivity contribution in [2.45, 2.75) is 6.04 Å². The second kappa shape index (κ2) is 4.02. The highest BCUT2D eigenvalue weighted by Crippen LogP contribution is 2.26. The molecule has 0 saturated carbocycles. The number of likely N-dealkylation sites (N-methyl/N-ethyl adjacent to an activating group) is 1. The van der Waals surface area contributed by atoms with Crippen LogP contribution in [0.5, 0.6) is 0 Å². The summed E-state index contributed by atoms with van der Waals surface area (Å²) in [6, 6.07) is 3.40. The third-order valence-electron chi connectivity index (χ3n) is 1.45. The quantitative estimate of drug-likeness (QED) is 0.847. The topological polar surface area (TPSA) is 55.1 Å². The molecule has 5 heteroatoms. The van der Waals surface area contributed by atoms with Crippen molar-refractivity contribution in [2.24, 2.45) is 5.73 Å². The molecule has 1 amide bonds. The van der Waals surface area contributed by atoms with Gasteiger partial charge in [-0.15, -0.1) is 11.3 Å². The third-order valence-corrected chi connectivity index (χ3v) is 3.14. The number of hydrogen-bond acceptors (Lipinski definition) is 3. The Morgan fingerprint density at radius 3 is 2.75 bits per heavy atom. The van der Waals surface area contributed by atoms with E-state index in [9.17, 15) is 4.79 Å². The molecule has 3 N–H and O–H groups in total. The molecule has 1 rings (SSSR count). The van der Waals surface area contributed by atoms with Gasteiger partial charge in [0.15, 0.2) is 0 Å². The second-order valence-corrected chi connectivity index (χ2v) is 4.76. The highest BCUT2D eigenvalue weighted by molar-refractivity contribution is 9.11. The summed E-state index contributed by atoms with van der Waals surface area (Å²) in [5, 5.41) is 2.85. The number of carbonyl (C=O) groups excluding carboxylic acids is 1. The van der Waals surface area contributed by atoms with Crippen molar-refractivity contribution in [2.75, 3.05) is 7.05 Å². The Kier molecular flexibility index (Phi) is 3.25. The van der Waals surface area contributed by atoms with Gasteiger partial charge in [0.2, 0.25) is 5.91 Å². The average molecular weight is 249 g/mol. The zero-order valence-electron chi connectivity index (χ0n) is 6.50. The predicted octanol–water partition coefficient (Wildman–Crippen LogP) is 1.26. The molecule has 1 aromatic heterocycles. The molecule has 0 saturated heterocycles. The summed E-state index contributed by atoms with van der Waals surface area (Å²) in [6.07, 6.45) is 0. The molecule has 1 unspecified atom stereocenters. The molecular formula is C7H9BrN2OS. The van der Waals surface area contributed by atoms with E-state index in [2.05, 4.69) is 21.2 Å². The minimum Gasteiger partial charge on any atom is -0.368 e. The number of primary amides is 1. The monoisotopic (exact) mass is 248 g/mol. The van der Waals surface area contributed by atoms with Crippen molar-refractivity contribution in [3.8, 4) is 0 Å². The molecule has 3 nitrogen and oxygen atoms in total. The molecule has 0 aromatic carbocycles. The lowest BCUT2D eigenvalue weighted by Crippen LogP contribution is -2.30. The number of halogens is 1. The fourth-order valence-electron chi connectivity index (χ4n) is 0.908. The smallest absolute Gasteiger partial charge is 0.239 e. The summed E-state index contributed by atoms with van der Waals surface area (Å²) in [5.74, 6) is -0.355. The van der Waals surface area contributed by atoms with E-state index in [-0.39, 0.29) is 11.9 Å². The fourth-order valence-corrected chi connectivity index (χ4v) is 2.45. The van der Waals surface area contributed by atoms with Gasteiger partial charge in [0, 0.05) is 4.88 Å². The van der Waals surface area contributed by atoms with Gasteiger partial charge in [-0.3, -0.25) is 4.79 Å². The Morgan fingerprint density at radius 2 is 2.42 bits per heavy atom. The molecule has 0 aliphatic rings. The van der Waals surface area contributed by atoms with Gasteiger partial charge in [0.25, 0.3) is 0 Å². The number of carbonyl (C=O) groups is 1. The zero-order chi connectivity index (χ0) is 9.14. The van der Waals surface area contributed by atoms with Gasteiger partial charge in [-0.05, 0) is 35.1 Å². The minimum absolute atomic E-state index is 0.355. The van der Waals surface area contributed by atoms with Crippen molar-refractivity contribution in [3.05, 3.63) is 20.8 Å².